The number of hydrogen-bond acceptors (Lipinski definition) is 7. The summed E-state index contributed by atoms with van der Waals surface area (Å²) in [6.07, 6.45) is 2.23. The lowest BCUT2D eigenvalue weighted by atomic mass is 10.0. The van der Waals surface area contributed by atoms with E-state index in [2.05, 4.69) is 34.4 Å². The minimum atomic E-state index is -4.11. The summed E-state index contributed by atoms with van der Waals surface area (Å²) < 4.78 is 29.3. The molecule has 0 saturated carbocycles. The molecule has 0 spiro atoms. The second-order valence-corrected chi connectivity index (χ2v) is 10.8. The van der Waals surface area contributed by atoms with Gasteiger partial charge in [-0.3, -0.25) is 23.7 Å². The van der Waals surface area contributed by atoms with Crippen LogP contribution in [0.25, 0.3) is 0 Å². The number of rotatable bonds is 13. The van der Waals surface area contributed by atoms with Gasteiger partial charge in [0.15, 0.2) is 0 Å². The van der Waals surface area contributed by atoms with Crippen LogP contribution in [0.5, 0.6) is 0 Å². The van der Waals surface area contributed by atoms with E-state index < -0.39 is 62.6 Å². The minimum Gasteiger partial charge on any atom is -0.480 e. The van der Waals surface area contributed by atoms with Crippen LogP contribution in [0, 0.1) is 0 Å². The average molecular weight is 569 g/mol. The molecular formula is C25H36N4O9S. The van der Waals surface area contributed by atoms with Crippen LogP contribution in [0.2, 0.25) is 0 Å². The Morgan fingerprint density at radius 1 is 0.897 bits per heavy atom. The molecule has 4 amide bonds. The molecule has 1 aromatic rings. The summed E-state index contributed by atoms with van der Waals surface area (Å²) in [5.74, 6) is -3.87. The SMILES string of the molecule is C=CC(=O)NC(C)(C)C(=O)NC(Cc1ccccc1)C(=O)O.C=CC(=O)NC(C)(C)C(=O)NCCS(=O)(=O)O. The third-order valence-electron chi connectivity index (χ3n) is 4.91. The molecule has 0 aliphatic rings. The molecule has 1 atom stereocenters. The summed E-state index contributed by atoms with van der Waals surface area (Å²) in [5.41, 5.74) is -1.64. The highest BCUT2D eigenvalue weighted by Crippen LogP contribution is 2.07. The van der Waals surface area contributed by atoms with Crippen molar-refractivity contribution in [3.8, 4) is 0 Å². The second-order valence-electron chi connectivity index (χ2n) is 9.23. The fourth-order valence-corrected chi connectivity index (χ4v) is 3.09. The summed E-state index contributed by atoms with van der Waals surface area (Å²) in [6, 6.07) is 7.91. The number of nitrogens with one attached hydrogen (secondary N) is 4. The van der Waals surface area contributed by atoms with Crippen molar-refractivity contribution < 1.29 is 42.0 Å². The molecule has 0 radical (unpaired) electrons. The molecule has 0 heterocycles. The number of aliphatic carboxylic acids is 1. The number of carbonyl (C=O) groups is 5. The Hall–Kier alpha value is -4.04. The van der Waals surface area contributed by atoms with Gasteiger partial charge in [-0.2, -0.15) is 8.42 Å². The molecule has 0 saturated heterocycles. The molecule has 0 aliphatic heterocycles. The Morgan fingerprint density at radius 3 is 1.77 bits per heavy atom. The van der Waals surface area contributed by atoms with Gasteiger partial charge in [0.05, 0.1) is 5.75 Å². The van der Waals surface area contributed by atoms with Gasteiger partial charge in [-0.1, -0.05) is 43.5 Å². The monoisotopic (exact) mass is 568 g/mol. The van der Waals surface area contributed by atoms with E-state index in [0.717, 1.165) is 17.7 Å². The molecule has 14 heteroatoms. The summed E-state index contributed by atoms with van der Waals surface area (Å²) in [6.45, 7) is 12.2. The first-order valence-corrected chi connectivity index (χ1v) is 13.2. The van der Waals surface area contributed by atoms with Crippen LogP contribution >= 0.6 is 0 Å². The van der Waals surface area contributed by atoms with Crippen LogP contribution in [0.4, 0.5) is 0 Å². The standard InChI is InChI=1S/C16H20N2O4.C9H16N2O5S/c1-4-13(19)18-16(2,3)15(22)17-12(14(20)21)10-11-8-6-5-7-9-11;1-4-7(12)11-9(2,3)8(13)10-5-6-17(14,15)16/h4-9,12H,1,10H2,2-3H3,(H,17,22)(H,18,19)(H,20,21);4H,1,5-6H2,2-3H3,(H,10,13)(H,11,12)(H,14,15,16). The van der Waals surface area contributed by atoms with Crippen LogP contribution < -0.4 is 21.3 Å². The molecule has 0 aliphatic carbocycles. The first-order chi connectivity index (χ1) is 17.8. The van der Waals surface area contributed by atoms with E-state index in [4.69, 9.17) is 4.55 Å². The van der Waals surface area contributed by atoms with E-state index in [1.165, 1.54) is 27.7 Å². The third-order valence-corrected chi connectivity index (χ3v) is 5.63. The quantitative estimate of drug-likeness (QED) is 0.139. The molecule has 1 rings (SSSR count). The normalized spacial score (nSPS) is 11.9. The average Bonchev–Trinajstić information content (AvgIpc) is 2.82. The number of carbonyl (C=O) groups excluding carboxylic acids is 4. The van der Waals surface area contributed by atoms with E-state index >= 15 is 0 Å². The van der Waals surface area contributed by atoms with Crippen molar-refractivity contribution in [3.05, 3.63) is 61.2 Å². The molecule has 0 bridgehead atoms. The van der Waals surface area contributed by atoms with Crippen molar-refractivity contribution in [1.29, 1.82) is 0 Å². The Morgan fingerprint density at radius 2 is 1.36 bits per heavy atom. The minimum absolute atomic E-state index is 0.160. The van der Waals surface area contributed by atoms with Gasteiger partial charge in [0.25, 0.3) is 10.1 Å². The Bertz CT molecular complexity index is 1160. The van der Waals surface area contributed by atoms with Crippen molar-refractivity contribution in [2.24, 2.45) is 0 Å². The van der Waals surface area contributed by atoms with Crippen LogP contribution in [0.15, 0.2) is 55.6 Å². The van der Waals surface area contributed by atoms with Crippen molar-refractivity contribution in [2.75, 3.05) is 12.3 Å². The van der Waals surface area contributed by atoms with Gasteiger partial charge in [0.1, 0.15) is 17.1 Å². The third kappa shape index (κ3) is 14.5. The zero-order chi connectivity index (χ0) is 30.4. The number of carboxylic acids is 1. The van der Waals surface area contributed by atoms with Gasteiger partial charge in [0, 0.05) is 13.0 Å². The molecule has 0 fully saturated rings. The highest BCUT2D eigenvalue weighted by Gasteiger charge is 2.32. The van der Waals surface area contributed by atoms with E-state index in [9.17, 15) is 37.5 Å². The van der Waals surface area contributed by atoms with Crippen LogP contribution in [0.1, 0.15) is 33.3 Å². The molecule has 13 nitrogen and oxygen atoms in total. The highest BCUT2D eigenvalue weighted by molar-refractivity contribution is 7.85. The topological polar surface area (TPSA) is 208 Å². The molecule has 1 unspecified atom stereocenters. The number of carboxylic acid groups (broad SMARTS) is 1. The number of benzene rings is 1. The summed E-state index contributed by atoms with van der Waals surface area (Å²) in [7, 11) is -4.11. The smallest absolute Gasteiger partial charge is 0.326 e. The molecule has 0 aromatic heterocycles. The lowest BCUT2D eigenvalue weighted by molar-refractivity contribution is -0.142. The maximum atomic E-state index is 12.2. The van der Waals surface area contributed by atoms with Crippen molar-refractivity contribution >= 4 is 39.7 Å². The zero-order valence-electron chi connectivity index (χ0n) is 22.3. The molecule has 39 heavy (non-hydrogen) atoms. The van der Waals surface area contributed by atoms with Crippen LogP contribution in [-0.4, -0.2) is 77.1 Å². The van der Waals surface area contributed by atoms with Gasteiger partial charge in [-0.05, 0) is 45.4 Å². The molecule has 6 N–H and O–H groups in total. The highest BCUT2D eigenvalue weighted by atomic mass is 32.2. The van der Waals surface area contributed by atoms with Gasteiger partial charge in [0.2, 0.25) is 23.6 Å². The van der Waals surface area contributed by atoms with E-state index in [1.807, 2.05) is 6.07 Å². The first-order valence-electron chi connectivity index (χ1n) is 11.5. The van der Waals surface area contributed by atoms with E-state index in [0.29, 0.717) is 0 Å². The molecular weight excluding hydrogens is 532 g/mol. The number of hydrogen-bond donors (Lipinski definition) is 6. The largest absolute Gasteiger partial charge is 0.480 e. The Labute approximate surface area is 227 Å². The van der Waals surface area contributed by atoms with Crippen molar-refractivity contribution in [2.45, 2.75) is 51.2 Å². The van der Waals surface area contributed by atoms with Gasteiger partial charge < -0.3 is 26.4 Å². The van der Waals surface area contributed by atoms with Crippen molar-refractivity contribution in [3.63, 3.8) is 0 Å². The van der Waals surface area contributed by atoms with Gasteiger partial charge in [-0.25, -0.2) is 4.79 Å². The first kappa shape index (κ1) is 35.0. The number of amides is 4. The summed E-state index contributed by atoms with van der Waals surface area (Å²) in [5, 5.41) is 18.8. The van der Waals surface area contributed by atoms with Gasteiger partial charge >= 0.3 is 5.97 Å². The van der Waals surface area contributed by atoms with E-state index in [-0.39, 0.29) is 13.0 Å². The van der Waals surface area contributed by atoms with Crippen LogP contribution in [0.3, 0.4) is 0 Å². The fraction of sp³-hybridized carbons (Fsp3) is 0.400. The zero-order valence-corrected chi connectivity index (χ0v) is 23.1. The summed E-state index contributed by atoms with van der Waals surface area (Å²) in [4.78, 5) is 57.4. The maximum absolute atomic E-state index is 12.2. The summed E-state index contributed by atoms with van der Waals surface area (Å²) >= 11 is 0. The molecule has 1 aromatic carbocycles. The maximum Gasteiger partial charge on any atom is 0.326 e. The predicted molar refractivity (Wildman–Crippen MR) is 144 cm³/mol. The second kappa shape index (κ2) is 15.4. The fourth-order valence-electron chi connectivity index (χ4n) is 2.73. The van der Waals surface area contributed by atoms with Crippen molar-refractivity contribution in [1.82, 2.24) is 21.3 Å². The van der Waals surface area contributed by atoms with Gasteiger partial charge in [-0.15, -0.1) is 0 Å². The predicted octanol–water partition coefficient (Wildman–Crippen LogP) is -0.0495. The van der Waals surface area contributed by atoms with Crippen LogP contribution in [-0.2, 0) is 40.5 Å². The Balaban J connectivity index is 0.000000768. The lowest BCUT2D eigenvalue weighted by Crippen LogP contribution is -2.57. The Kier molecular flexibility index (Phi) is 13.8. The molecule has 216 valence electrons. The lowest BCUT2D eigenvalue weighted by Gasteiger charge is -2.26. The van der Waals surface area contributed by atoms with E-state index in [1.54, 1.807) is 24.3 Å².